The van der Waals surface area contributed by atoms with Gasteiger partial charge in [0, 0.05) is 48.5 Å². The molecule has 9 aromatic rings. The van der Waals surface area contributed by atoms with Crippen molar-refractivity contribution >= 4 is 113 Å². The Balaban J connectivity index is 1.33. The van der Waals surface area contributed by atoms with Crippen molar-refractivity contribution in [2.75, 3.05) is 4.44 Å². The van der Waals surface area contributed by atoms with E-state index < -0.39 is 32.3 Å². The van der Waals surface area contributed by atoms with E-state index >= 15 is 0 Å². The number of furan rings is 2. The molecule has 2 atom stereocenters. The van der Waals surface area contributed by atoms with E-state index in [0.29, 0.717) is 0 Å². The fourth-order valence-electron chi connectivity index (χ4n) is 12.0. The zero-order chi connectivity index (χ0) is 50.6. The first kappa shape index (κ1) is 53.1. The number of nitrogens with zero attached hydrogens (tertiary/aromatic N) is 1. The lowest BCUT2D eigenvalue weighted by Crippen LogP contribution is -2.48. The first-order valence-electron chi connectivity index (χ1n) is 28.4. The molecule has 0 aliphatic rings. The number of anilines is 1. The van der Waals surface area contributed by atoms with Gasteiger partial charge in [-0.3, -0.25) is 0 Å². The Morgan fingerprint density at radius 3 is 1.03 bits per heavy atom. The molecule has 0 saturated heterocycles. The minimum absolute atomic E-state index is 0.937. The van der Waals surface area contributed by atoms with Crippen LogP contribution in [0.25, 0.3) is 43.9 Å². The third kappa shape index (κ3) is 11.3. The number of fused-ring (bicyclic) bond motifs is 6. The zero-order valence-electron chi connectivity index (χ0n) is 45.0. The number of benzene rings is 7. The standard InChI is InChI=1S/C66H81NO2P2Si2/c1-7-13-46-72(47-14-8-2,48-15-9-3)55-42-38-53(39-43-55)70(63-36-26-32-59-57-30-22-24-34-61(57)68-65(59)63)67(52-28-20-19-21-29-52)71(64-37-27-33-60-58-31-23-25-35-62(58)69-66(60)64)54-40-44-56(45-41-54)73(49-16-10-4,50-17-11-5)51-18-12-6/h19-45H,7-18,46-51H2,1-6H3. The normalized spacial score (nSPS) is 13.1. The van der Waals surface area contributed by atoms with Crippen LogP contribution in [-0.4, -0.2) is 16.1 Å². The van der Waals surface area contributed by atoms with Crippen LogP contribution in [0.5, 0.6) is 0 Å². The van der Waals surface area contributed by atoms with Crippen molar-refractivity contribution in [1.82, 2.24) is 0 Å². The molecule has 3 nitrogen and oxygen atoms in total. The van der Waals surface area contributed by atoms with Gasteiger partial charge >= 0.3 is 0 Å². The lowest BCUT2D eigenvalue weighted by Gasteiger charge is -2.41. The Kier molecular flexibility index (Phi) is 18.3. The van der Waals surface area contributed by atoms with Crippen LogP contribution < -0.4 is 36.0 Å². The molecule has 0 radical (unpaired) electrons. The van der Waals surface area contributed by atoms with Crippen LogP contribution in [0.3, 0.4) is 0 Å². The first-order valence-corrected chi connectivity index (χ1v) is 36.2. The van der Waals surface area contributed by atoms with Crippen LogP contribution in [0.15, 0.2) is 173 Å². The van der Waals surface area contributed by atoms with Gasteiger partial charge in [-0.1, -0.05) is 293 Å². The molecular weight excluding hydrogens is 957 g/mol. The van der Waals surface area contributed by atoms with Gasteiger partial charge in [0.05, 0.1) is 32.3 Å². The van der Waals surface area contributed by atoms with E-state index in [9.17, 15) is 0 Å². The molecule has 0 spiro atoms. The molecule has 380 valence electrons. The van der Waals surface area contributed by atoms with Gasteiger partial charge in [0.1, 0.15) is 22.3 Å². The van der Waals surface area contributed by atoms with E-state index in [1.165, 1.54) is 162 Å². The second-order valence-corrected chi connectivity index (χ2v) is 34.7. The van der Waals surface area contributed by atoms with Crippen molar-refractivity contribution in [3.8, 4) is 0 Å². The molecule has 2 heterocycles. The quantitative estimate of drug-likeness (QED) is 0.0380. The summed E-state index contributed by atoms with van der Waals surface area (Å²) in [6.45, 7) is 14.3. The van der Waals surface area contributed by atoms with Crippen LogP contribution in [0.1, 0.15) is 119 Å². The maximum Gasteiger partial charge on any atom is 0.145 e. The molecule has 0 saturated carbocycles. The summed E-state index contributed by atoms with van der Waals surface area (Å²) in [5, 5.41) is 13.2. The highest BCUT2D eigenvalue weighted by molar-refractivity contribution is 7.91. The lowest BCUT2D eigenvalue weighted by molar-refractivity contribution is 0.671. The summed E-state index contributed by atoms with van der Waals surface area (Å²) < 4.78 is 17.1. The fraction of sp³-hybridized carbons (Fsp3) is 0.364. The summed E-state index contributed by atoms with van der Waals surface area (Å²) in [5.74, 6) is 0. The van der Waals surface area contributed by atoms with Gasteiger partial charge in [0.25, 0.3) is 0 Å². The maximum atomic E-state index is 7.12. The van der Waals surface area contributed by atoms with Gasteiger partial charge < -0.3 is 13.3 Å². The van der Waals surface area contributed by atoms with Crippen molar-refractivity contribution in [2.24, 2.45) is 0 Å². The van der Waals surface area contributed by atoms with Crippen molar-refractivity contribution < 1.29 is 8.83 Å². The average Bonchev–Trinajstić information content (AvgIpc) is 4.03. The predicted octanol–water partition coefficient (Wildman–Crippen LogP) is 18.5. The average molecular weight is 1040 g/mol. The largest absolute Gasteiger partial charge is 0.455 e. The van der Waals surface area contributed by atoms with Crippen LogP contribution in [0.2, 0.25) is 36.3 Å². The van der Waals surface area contributed by atoms with E-state index in [1.807, 2.05) is 0 Å². The highest BCUT2D eigenvalue weighted by Gasteiger charge is 2.39. The number of unbranched alkanes of at least 4 members (excludes halogenated alkanes) is 6. The van der Waals surface area contributed by atoms with Crippen molar-refractivity contribution in [3.63, 3.8) is 0 Å². The van der Waals surface area contributed by atoms with Gasteiger partial charge in [-0.05, 0) is 36.4 Å². The van der Waals surface area contributed by atoms with Crippen molar-refractivity contribution in [2.45, 2.75) is 155 Å². The monoisotopic (exact) mass is 1040 g/mol. The lowest BCUT2D eigenvalue weighted by atomic mass is 10.1. The minimum atomic E-state index is -1.78. The Labute approximate surface area is 442 Å². The summed E-state index contributed by atoms with van der Waals surface area (Å²) in [4.78, 5) is 0. The Bertz CT molecular complexity index is 2910. The Hall–Kier alpha value is -4.77. The third-order valence-corrected chi connectivity index (χ3v) is 32.6. The molecule has 7 aromatic carbocycles. The number of para-hydroxylation sites is 5. The topological polar surface area (TPSA) is 29.5 Å². The smallest absolute Gasteiger partial charge is 0.145 e. The van der Waals surface area contributed by atoms with Crippen LogP contribution in [-0.2, 0) is 0 Å². The maximum absolute atomic E-state index is 7.12. The molecule has 73 heavy (non-hydrogen) atoms. The molecule has 7 heteroatoms. The van der Waals surface area contributed by atoms with Crippen molar-refractivity contribution in [1.29, 1.82) is 0 Å². The molecule has 0 amide bonds. The zero-order valence-corrected chi connectivity index (χ0v) is 48.8. The van der Waals surface area contributed by atoms with Crippen molar-refractivity contribution in [3.05, 3.63) is 164 Å². The molecule has 0 aliphatic heterocycles. The van der Waals surface area contributed by atoms with E-state index in [4.69, 9.17) is 8.83 Å². The highest BCUT2D eigenvalue weighted by Crippen LogP contribution is 2.59. The van der Waals surface area contributed by atoms with Gasteiger partial charge in [0.2, 0.25) is 0 Å². The summed E-state index contributed by atoms with van der Waals surface area (Å²) >= 11 is 0. The van der Waals surface area contributed by atoms with Crippen LogP contribution in [0.4, 0.5) is 5.69 Å². The molecule has 0 N–H and O–H groups in total. The summed E-state index contributed by atoms with van der Waals surface area (Å²) in [6, 6.07) is 71.5. The second-order valence-electron chi connectivity index (χ2n) is 21.0. The molecule has 2 aromatic heterocycles. The van der Waals surface area contributed by atoms with Gasteiger partial charge in [0.15, 0.2) is 0 Å². The summed E-state index contributed by atoms with van der Waals surface area (Å²) in [5.41, 5.74) is 5.06. The molecule has 0 bridgehead atoms. The van der Waals surface area contributed by atoms with Gasteiger partial charge in [-0.25, -0.2) is 0 Å². The van der Waals surface area contributed by atoms with Crippen LogP contribution in [0, 0.1) is 0 Å². The summed E-state index contributed by atoms with van der Waals surface area (Å²) in [7, 11) is -6.11. The van der Waals surface area contributed by atoms with Gasteiger partial charge in [-0.15, -0.1) is 0 Å². The van der Waals surface area contributed by atoms with E-state index in [0.717, 1.165) is 22.3 Å². The SMILES string of the molecule is CCCC[Si](CCCC)(CCCC)c1ccc(P(c2cccc3c2oc2ccccc23)N(c2ccccc2)P(c2ccc([Si](CCCC)(CCCC)CCCC)cc2)c2cccc3c2oc2ccccc23)cc1. The molecule has 0 fully saturated rings. The molecular formula is C66H81NO2P2Si2. The number of rotatable bonds is 27. The Morgan fingerprint density at radius 1 is 0.342 bits per heavy atom. The molecule has 2 unspecified atom stereocenters. The molecule has 0 aliphatic carbocycles. The number of hydrogen-bond acceptors (Lipinski definition) is 3. The number of hydrogen-bond donors (Lipinski definition) is 0. The second kappa shape index (κ2) is 25.2. The van der Waals surface area contributed by atoms with Crippen LogP contribution >= 0.6 is 16.1 Å². The summed E-state index contributed by atoms with van der Waals surface area (Å²) in [6.07, 6.45) is 15.5. The van der Waals surface area contributed by atoms with E-state index in [-0.39, 0.29) is 0 Å². The fourth-order valence-corrected chi connectivity index (χ4v) is 29.2. The van der Waals surface area contributed by atoms with E-state index in [1.54, 1.807) is 10.4 Å². The van der Waals surface area contributed by atoms with E-state index in [2.05, 4.69) is 210 Å². The Morgan fingerprint density at radius 2 is 0.671 bits per heavy atom. The minimum Gasteiger partial charge on any atom is -0.455 e. The van der Waals surface area contributed by atoms with Gasteiger partial charge in [-0.2, -0.15) is 0 Å². The third-order valence-electron chi connectivity index (χ3n) is 16.1. The highest BCUT2D eigenvalue weighted by atomic mass is 31.2. The predicted molar refractivity (Wildman–Crippen MR) is 331 cm³/mol. The first-order chi connectivity index (χ1) is 35.9. The molecule has 9 rings (SSSR count).